The second-order valence-corrected chi connectivity index (χ2v) is 5.37. The van der Waals surface area contributed by atoms with E-state index in [2.05, 4.69) is 21.2 Å². The van der Waals surface area contributed by atoms with Gasteiger partial charge in [0.1, 0.15) is 11.5 Å². The maximum Gasteiger partial charge on any atom is 0.255 e. The molecule has 0 saturated carbocycles. The molecule has 0 aliphatic heterocycles. The highest BCUT2D eigenvalue weighted by molar-refractivity contribution is 9.10. The third kappa shape index (κ3) is 3.76. The minimum atomic E-state index is -0.180. The van der Waals surface area contributed by atoms with Crippen LogP contribution in [0.25, 0.3) is 0 Å². The Balaban J connectivity index is 2.24. The van der Waals surface area contributed by atoms with Crippen molar-refractivity contribution in [2.75, 3.05) is 19.5 Å². The molecule has 0 fully saturated rings. The van der Waals surface area contributed by atoms with Gasteiger partial charge in [-0.15, -0.1) is 0 Å². The first-order chi connectivity index (χ1) is 10.0. The maximum atomic E-state index is 12.3. The van der Waals surface area contributed by atoms with Gasteiger partial charge in [0.15, 0.2) is 0 Å². The van der Waals surface area contributed by atoms with Crippen molar-refractivity contribution in [1.29, 1.82) is 0 Å². The second kappa shape index (κ2) is 6.63. The number of carbonyl (C=O) groups is 1. The zero-order chi connectivity index (χ0) is 15.4. The van der Waals surface area contributed by atoms with Gasteiger partial charge < -0.3 is 14.8 Å². The number of aryl methyl sites for hydroxylation is 1. The summed E-state index contributed by atoms with van der Waals surface area (Å²) in [5, 5.41) is 2.84. The molecule has 0 bridgehead atoms. The van der Waals surface area contributed by atoms with E-state index in [9.17, 15) is 4.79 Å². The maximum absolute atomic E-state index is 12.3. The Morgan fingerprint density at radius 2 is 1.67 bits per heavy atom. The third-order valence-corrected chi connectivity index (χ3v) is 3.92. The van der Waals surface area contributed by atoms with Gasteiger partial charge in [0.25, 0.3) is 5.91 Å². The van der Waals surface area contributed by atoms with Crippen LogP contribution in [0, 0.1) is 6.92 Å². The SMILES string of the molecule is COc1cc(NC(=O)c2ccc(Br)c(C)c2)cc(OC)c1. The molecule has 0 aromatic heterocycles. The van der Waals surface area contributed by atoms with Crippen molar-refractivity contribution in [3.05, 3.63) is 52.0 Å². The van der Waals surface area contributed by atoms with E-state index in [4.69, 9.17) is 9.47 Å². The van der Waals surface area contributed by atoms with Crippen molar-refractivity contribution < 1.29 is 14.3 Å². The number of benzene rings is 2. The molecule has 0 unspecified atom stereocenters. The van der Waals surface area contributed by atoms with Crippen LogP contribution in [-0.4, -0.2) is 20.1 Å². The van der Waals surface area contributed by atoms with E-state index in [-0.39, 0.29) is 5.91 Å². The number of hydrogen-bond acceptors (Lipinski definition) is 3. The van der Waals surface area contributed by atoms with Crippen LogP contribution in [-0.2, 0) is 0 Å². The van der Waals surface area contributed by atoms with Crippen LogP contribution in [0.5, 0.6) is 11.5 Å². The average molecular weight is 350 g/mol. The van der Waals surface area contributed by atoms with Crippen molar-refractivity contribution in [2.45, 2.75) is 6.92 Å². The third-order valence-electron chi connectivity index (χ3n) is 3.03. The summed E-state index contributed by atoms with van der Waals surface area (Å²) >= 11 is 3.42. The number of amides is 1. The summed E-state index contributed by atoms with van der Waals surface area (Å²) < 4.78 is 11.3. The highest BCUT2D eigenvalue weighted by Gasteiger charge is 2.09. The lowest BCUT2D eigenvalue weighted by molar-refractivity contribution is 0.102. The monoisotopic (exact) mass is 349 g/mol. The average Bonchev–Trinajstić information content (AvgIpc) is 2.49. The normalized spacial score (nSPS) is 10.1. The highest BCUT2D eigenvalue weighted by Crippen LogP contribution is 2.26. The number of rotatable bonds is 4. The van der Waals surface area contributed by atoms with Crippen LogP contribution >= 0.6 is 15.9 Å². The Bertz CT molecular complexity index is 648. The molecule has 0 saturated heterocycles. The Morgan fingerprint density at radius 1 is 1.05 bits per heavy atom. The fraction of sp³-hybridized carbons (Fsp3) is 0.188. The van der Waals surface area contributed by atoms with Gasteiger partial charge in [-0.3, -0.25) is 4.79 Å². The van der Waals surface area contributed by atoms with E-state index in [1.165, 1.54) is 0 Å². The van der Waals surface area contributed by atoms with Crippen molar-refractivity contribution in [3.8, 4) is 11.5 Å². The van der Waals surface area contributed by atoms with Crippen LogP contribution in [0.15, 0.2) is 40.9 Å². The van der Waals surface area contributed by atoms with E-state index in [1.807, 2.05) is 19.1 Å². The van der Waals surface area contributed by atoms with Gasteiger partial charge in [0.05, 0.1) is 14.2 Å². The molecule has 0 spiro atoms. The van der Waals surface area contributed by atoms with Crippen LogP contribution in [0.3, 0.4) is 0 Å². The molecule has 0 heterocycles. The molecule has 21 heavy (non-hydrogen) atoms. The first-order valence-electron chi connectivity index (χ1n) is 6.34. The smallest absolute Gasteiger partial charge is 0.255 e. The fourth-order valence-electron chi connectivity index (χ4n) is 1.87. The molecule has 2 aromatic rings. The van der Waals surface area contributed by atoms with Gasteiger partial charge in [-0.05, 0) is 30.7 Å². The first kappa shape index (κ1) is 15.4. The molecule has 0 aliphatic carbocycles. The fourth-order valence-corrected chi connectivity index (χ4v) is 2.12. The highest BCUT2D eigenvalue weighted by atomic mass is 79.9. The number of ether oxygens (including phenoxy) is 2. The van der Waals surface area contributed by atoms with Gasteiger partial charge in [-0.25, -0.2) is 0 Å². The molecule has 0 aliphatic rings. The molecule has 4 nitrogen and oxygen atoms in total. The van der Waals surface area contributed by atoms with Gasteiger partial charge >= 0.3 is 0 Å². The van der Waals surface area contributed by atoms with Crippen molar-refractivity contribution in [3.63, 3.8) is 0 Å². The van der Waals surface area contributed by atoms with E-state index in [1.54, 1.807) is 38.5 Å². The van der Waals surface area contributed by atoms with E-state index in [0.717, 1.165) is 10.0 Å². The van der Waals surface area contributed by atoms with Crippen LogP contribution in [0.1, 0.15) is 15.9 Å². The lowest BCUT2D eigenvalue weighted by atomic mass is 10.1. The van der Waals surface area contributed by atoms with Crippen molar-refractivity contribution in [1.82, 2.24) is 0 Å². The predicted molar refractivity (Wildman–Crippen MR) is 86.4 cm³/mol. The molecule has 2 rings (SSSR count). The number of anilines is 1. The van der Waals surface area contributed by atoms with E-state index >= 15 is 0 Å². The van der Waals surface area contributed by atoms with Crippen molar-refractivity contribution in [2.24, 2.45) is 0 Å². The molecule has 1 amide bonds. The summed E-state index contributed by atoms with van der Waals surface area (Å²) in [7, 11) is 3.14. The summed E-state index contributed by atoms with van der Waals surface area (Å²) in [4.78, 5) is 12.3. The summed E-state index contributed by atoms with van der Waals surface area (Å²) in [5.41, 5.74) is 2.22. The zero-order valence-corrected chi connectivity index (χ0v) is 13.7. The van der Waals surface area contributed by atoms with Gasteiger partial charge in [0, 0.05) is 33.9 Å². The summed E-state index contributed by atoms with van der Waals surface area (Å²) in [5.74, 6) is 1.06. The molecule has 110 valence electrons. The number of hydrogen-bond donors (Lipinski definition) is 1. The topological polar surface area (TPSA) is 47.6 Å². The number of nitrogens with one attached hydrogen (secondary N) is 1. The predicted octanol–water partition coefficient (Wildman–Crippen LogP) is 4.03. The number of halogens is 1. The zero-order valence-electron chi connectivity index (χ0n) is 12.1. The van der Waals surface area contributed by atoms with Gasteiger partial charge in [0.2, 0.25) is 0 Å². The molecular weight excluding hydrogens is 334 g/mol. The Hall–Kier alpha value is -2.01. The Kier molecular flexibility index (Phi) is 4.85. The quantitative estimate of drug-likeness (QED) is 0.906. The molecule has 0 atom stereocenters. The molecular formula is C16H16BrNO3. The van der Waals surface area contributed by atoms with Crippen LogP contribution < -0.4 is 14.8 Å². The van der Waals surface area contributed by atoms with E-state index in [0.29, 0.717) is 22.7 Å². The summed E-state index contributed by atoms with van der Waals surface area (Å²) in [6, 6.07) is 10.7. The summed E-state index contributed by atoms with van der Waals surface area (Å²) in [6.07, 6.45) is 0. The Labute approximate surface area is 132 Å². The van der Waals surface area contributed by atoms with Crippen molar-refractivity contribution >= 4 is 27.5 Å². The van der Waals surface area contributed by atoms with Gasteiger partial charge in [-0.1, -0.05) is 15.9 Å². The largest absolute Gasteiger partial charge is 0.497 e. The van der Waals surface area contributed by atoms with Gasteiger partial charge in [-0.2, -0.15) is 0 Å². The minimum Gasteiger partial charge on any atom is -0.497 e. The molecule has 5 heteroatoms. The second-order valence-electron chi connectivity index (χ2n) is 4.52. The molecule has 0 radical (unpaired) electrons. The Morgan fingerprint density at radius 3 is 2.19 bits per heavy atom. The number of methoxy groups -OCH3 is 2. The lowest BCUT2D eigenvalue weighted by Crippen LogP contribution is -2.12. The lowest BCUT2D eigenvalue weighted by Gasteiger charge is -2.10. The van der Waals surface area contributed by atoms with Crippen LogP contribution in [0.4, 0.5) is 5.69 Å². The molecule has 1 N–H and O–H groups in total. The standard InChI is InChI=1S/C16H16BrNO3/c1-10-6-11(4-5-15(10)17)16(19)18-12-7-13(20-2)9-14(8-12)21-3/h4-9H,1-3H3,(H,18,19). The first-order valence-corrected chi connectivity index (χ1v) is 7.13. The van der Waals surface area contributed by atoms with E-state index < -0.39 is 0 Å². The molecule has 2 aromatic carbocycles. The number of carbonyl (C=O) groups excluding carboxylic acids is 1. The van der Waals surface area contributed by atoms with Crippen LogP contribution in [0.2, 0.25) is 0 Å². The summed E-state index contributed by atoms with van der Waals surface area (Å²) in [6.45, 7) is 1.94. The minimum absolute atomic E-state index is 0.180.